The average molecular weight is 325 g/mol. The molecule has 24 heavy (non-hydrogen) atoms. The van der Waals surface area contributed by atoms with Gasteiger partial charge in [-0.25, -0.2) is 9.97 Å². The van der Waals surface area contributed by atoms with Gasteiger partial charge in [0.2, 0.25) is 5.91 Å². The van der Waals surface area contributed by atoms with Crippen LogP contribution in [0.4, 0.5) is 5.82 Å². The normalized spacial score (nSPS) is 18.1. The molecule has 3 heterocycles. The first-order valence-corrected chi connectivity index (χ1v) is 8.16. The third-order valence-electron chi connectivity index (χ3n) is 4.06. The van der Waals surface area contributed by atoms with Crippen molar-refractivity contribution in [3.8, 4) is 11.4 Å². The van der Waals surface area contributed by atoms with E-state index in [0.717, 1.165) is 17.1 Å². The fourth-order valence-corrected chi connectivity index (χ4v) is 2.93. The molecule has 0 saturated carbocycles. The molecular weight excluding hydrogens is 302 g/mol. The monoisotopic (exact) mass is 325 g/mol. The summed E-state index contributed by atoms with van der Waals surface area (Å²) < 4.78 is 0. The van der Waals surface area contributed by atoms with E-state index in [2.05, 4.69) is 41.0 Å². The summed E-state index contributed by atoms with van der Waals surface area (Å²) in [6.45, 7) is 8.80. The van der Waals surface area contributed by atoms with Crippen molar-refractivity contribution in [3.05, 3.63) is 36.3 Å². The standard InChI is InChI=1S/C18H23N5O/c1-12-8-15(22-17(20-12)13-6-5-7-19-10-13)21-14-9-16(24)23(11-14)18(2,3)4/h5-8,10,14H,9,11H2,1-4H3,(H,20,21,22). The maximum atomic E-state index is 12.2. The fraction of sp³-hybridized carbons (Fsp3) is 0.444. The molecule has 6 nitrogen and oxygen atoms in total. The topological polar surface area (TPSA) is 71.0 Å². The van der Waals surface area contributed by atoms with Crippen LogP contribution in [0.2, 0.25) is 0 Å². The van der Waals surface area contributed by atoms with E-state index in [9.17, 15) is 4.79 Å². The summed E-state index contributed by atoms with van der Waals surface area (Å²) in [5, 5.41) is 3.39. The third kappa shape index (κ3) is 3.53. The van der Waals surface area contributed by atoms with Gasteiger partial charge in [-0.2, -0.15) is 0 Å². The van der Waals surface area contributed by atoms with Gasteiger partial charge < -0.3 is 10.2 Å². The lowest BCUT2D eigenvalue weighted by molar-refractivity contribution is -0.131. The number of rotatable bonds is 3. The van der Waals surface area contributed by atoms with E-state index in [1.807, 2.05) is 30.0 Å². The van der Waals surface area contributed by atoms with Crippen LogP contribution in [0.5, 0.6) is 0 Å². The molecule has 0 aliphatic carbocycles. The Morgan fingerprint density at radius 3 is 2.71 bits per heavy atom. The highest BCUT2D eigenvalue weighted by molar-refractivity contribution is 5.80. The van der Waals surface area contributed by atoms with Crippen molar-refractivity contribution in [1.82, 2.24) is 19.9 Å². The van der Waals surface area contributed by atoms with E-state index in [1.54, 1.807) is 12.4 Å². The Balaban J connectivity index is 1.79. The summed E-state index contributed by atoms with van der Waals surface area (Å²) in [4.78, 5) is 27.3. The van der Waals surface area contributed by atoms with Crippen molar-refractivity contribution in [2.75, 3.05) is 11.9 Å². The molecule has 1 amide bonds. The minimum absolute atomic E-state index is 0.0628. The van der Waals surface area contributed by atoms with Crippen molar-refractivity contribution in [1.29, 1.82) is 0 Å². The molecule has 126 valence electrons. The maximum absolute atomic E-state index is 12.2. The number of anilines is 1. The zero-order valence-corrected chi connectivity index (χ0v) is 14.6. The number of likely N-dealkylation sites (tertiary alicyclic amines) is 1. The maximum Gasteiger partial charge on any atom is 0.225 e. The quantitative estimate of drug-likeness (QED) is 0.939. The summed E-state index contributed by atoms with van der Waals surface area (Å²) >= 11 is 0. The number of carbonyl (C=O) groups excluding carboxylic acids is 1. The lowest BCUT2D eigenvalue weighted by Gasteiger charge is -2.32. The van der Waals surface area contributed by atoms with E-state index in [1.165, 1.54) is 0 Å². The zero-order chi connectivity index (χ0) is 17.3. The molecule has 1 fully saturated rings. The molecule has 1 unspecified atom stereocenters. The number of aromatic nitrogens is 3. The number of aryl methyl sites for hydroxylation is 1. The van der Waals surface area contributed by atoms with E-state index < -0.39 is 0 Å². The second-order valence-electron chi connectivity index (χ2n) is 7.18. The van der Waals surface area contributed by atoms with Crippen molar-refractivity contribution in [2.45, 2.75) is 45.7 Å². The summed E-state index contributed by atoms with van der Waals surface area (Å²) in [7, 11) is 0. The van der Waals surface area contributed by atoms with Gasteiger partial charge in [0.15, 0.2) is 5.82 Å². The average Bonchev–Trinajstić information content (AvgIpc) is 2.88. The van der Waals surface area contributed by atoms with Crippen LogP contribution in [0.25, 0.3) is 11.4 Å². The molecular formula is C18H23N5O. The zero-order valence-electron chi connectivity index (χ0n) is 14.6. The molecule has 0 bridgehead atoms. The highest BCUT2D eigenvalue weighted by Gasteiger charge is 2.36. The first-order chi connectivity index (χ1) is 11.3. The molecule has 0 spiro atoms. The lowest BCUT2D eigenvalue weighted by Crippen LogP contribution is -2.43. The lowest BCUT2D eigenvalue weighted by atomic mass is 10.1. The molecule has 1 saturated heterocycles. The largest absolute Gasteiger partial charge is 0.365 e. The molecule has 1 N–H and O–H groups in total. The summed E-state index contributed by atoms with van der Waals surface area (Å²) in [6.07, 6.45) is 3.96. The first kappa shape index (κ1) is 16.4. The van der Waals surface area contributed by atoms with Crippen LogP contribution in [-0.2, 0) is 4.79 Å². The van der Waals surface area contributed by atoms with Crippen LogP contribution in [-0.4, -0.2) is 43.9 Å². The van der Waals surface area contributed by atoms with Gasteiger partial charge in [0.05, 0.1) is 6.04 Å². The predicted molar refractivity (Wildman–Crippen MR) is 93.5 cm³/mol. The van der Waals surface area contributed by atoms with E-state index in [0.29, 0.717) is 18.8 Å². The van der Waals surface area contributed by atoms with Crippen molar-refractivity contribution in [2.24, 2.45) is 0 Å². The Morgan fingerprint density at radius 1 is 1.29 bits per heavy atom. The number of pyridine rings is 1. The Bertz CT molecular complexity index is 739. The number of carbonyl (C=O) groups is 1. The second kappa shape index (κ2) is 6.19. The van der Waals surface area contributed by atoms with Gasteiger partial charge in [0, 0.05) is 48.2 Å². The molecule has 3 rings (SSSR count). The smallest absolute Gasteiger partial charge is 0.225 e. The first-order valence-electron chi connectivity index (χ1n) is 8.16. The predicted octanol–water partition coefficient (Wildman–Crippen LogP) is 2.66. The van der Waals surface area contributed by atoms with Crippen molar-refractivity contribution >= 4 is 11.7 Å². The van der Waals surface area contributed by atoms with Gasteiger partial charge in [-0.1, -0.05) is 0 Å². The highest BCUT2D eigenvalue weighted by atomic mass is 16.2. The molecule has 1 aliphatic rings. The number of hydrogen-bond donors (Lipinski definition) is 1. The second-order valence-corrected chi connectivity index (χ2v) is 7.18. The van der Waals surface area contributed by atoms with Gasteiger partial charge in [-0.05, 0) is 39.8 Å². The van der Waals surface area contributed by atoms with Gasteiger partial charge >= 0.3 is 0 Å². The minimum Gasteiger partial charge on any atom is -0.365 e. The number of hydrogen-bond acceptors (Lipinski definition) is 5. The molecule has 1 atom stereocenters. The van der Waals surface area contributed by atoms with Crippen molar-refractivity contribution in [3.63, 3.8) is 0 Å². The van der Waals surface area contributed by atoms with Crippen LogP contribution >= 0.6 is 0 Å². The molecule has 0 aromatic carbocycles. The highest BCUT2D eigenvalue weighted by Crippen LogP contribution is 2.24. The summed E-state index contributed by atoms with van der Waals surface area (Å²) in [6, 6.07) is 5.77. The van der Waals surface area contributed by atoms with Gasteiger partial charge in [-0.3, -0.25) is 9.78 Å². The number of amides is 1. The molecule has 2 aromatic heterocycles. The third-order valence-corrected chi connectivity index (χ3v) is 4.06. The Labute approximate surface area is 142 Å². The van der Waals surface area contributed by atoms with E-state index >= 15 is 0 Å². The summed E-state index contributed by atoms with van der Waals surface area (Å²) in [5.74, 6) is 1.57. The Hall–Kier alpha value is -2.50. The van der Waals surface area contributed by atoms with Crippen LogP contribution in [0, 0.1) is 6.92 Å². The minimum atomic E-state index is -0.157. The SMILES string of the molecule is Cc1cc(NC2CC(=O)N(C(C)(C)C)C2)nc(-c2cccnc2)n1. The van der Waals surface area contributed by atoms with Crippen molar-refractivity contribution < 1.29 is 4.79 Å². The molecule has 1 aliphatic heterocycles. The number of nitrogens with zero attached hydrogens (tertiary/aromatic N) is 4. The fourth-order valence-electron chi connectivity index (χ4n) is 2.93. The molecule has 0 radical (unpaired) electrons. The molecule has 2 aromatic rings. The number of nitrogens with one attached hydrogen (secondary N) is 1. The Morgan fingerprint density at radius 2 is 2.08 bits per heavy atom. The van der Waals surface area contributed by atoms with Crippen LogP contribution < -0.4 is 5.32 Å². The van der Waals surface area contributed by atoms with Crippen LogP contribution in [0.1, 0.15) is 32.9 Å². The van der Waals surface area contributed by atoms with Crippen LogP contribution in [0.15, 0.2) is 30.6 Å². The van der Waals surface area contributed by atoms with Crippen LogP contribution in [0.3, 0.4) is 0 Å². The van der Waals surface area contributed by atoms with E-state index in [4.69, 9.17) is 0 Å². The Kier molecular flexibility index (Phi) is 4.22. The summed E-state index contributed by atoms with van der Waals surface area (Å²) in [5.41, 5.74) is 1.60. The molecule has 6 heteroatoms. The van der Waals surface area contributed by atoms with Gasteiger partial charge in [-0.15, -0.1) is 0 Å². The van der Waals surface area contributed by atoms with E-state index in [-0.39, 0.29) is 17.5 Å². The van der Waals surface area contributed by atoms with Gasteiger partial charge in [0.25, 0.3) is 0 Å². The van der Waals surface area contributed by atoms with Gasteiger partial charge in [0.1, 0.15) is 5.82 Å².